The van der Waals surface area contributed by atoms with Crippen molar-refractivity contribution in [3.63, 3.8) is 0 Å². The molecular formula is C9H10F3NO3S. The van der Waals surface area contributed by atoms with Crippen LogP contribution >= 0.6 is 0 Å². The average molecular weight is 269 g/mol. The summed E-state index contributed by atoms with van der Waals surface area (Å²) in [5.41, 5.74) is 0. The van der Waals surface area contributed by atoms with Crippen LogP contribution in [-0.2, 0) is 10.0 Å². The van der Waals surface area contributed by atoms with Crippen molar-refractivity contribution in [2.75, 3.05) is 6.61 Å². The van der Waals surface area contributed by atoms with Crippen molar-refractivity contribution in [2.24, 2.45) is 5.14 Å². The molecule has 0 bridgehead atoms. The van der Waals surface area contributed by atoms with Crippen LogP contribution in [0.4, 0.5) is 13.2 Å². The van der Waals surface area contributed by atoms with E-state index in [4.69, 9.17) is 9.88 Å². The number of benzene rings is 1. The maximum atomic E-state index is 11.9. The molecule has 0 saturated heterocycles. The van der Waals surface area contributed by atoms with E-state index in [1.165, 1.54) is 18.2 Å². The van der Waals surface area contributed by atoms with Gasteiger partial charge >= 0.3 is 6.18 Å². The molecule has 0 atom stereocenters. The molecule has 2 N–H and O–H groups in total. The lowest BCUT2D eigenvalue weighted by Gasteiger charge is -2.11. The molecule has 0 fully saturated rings. The van der Waals surface area contributed by atoms with Gasteiger partial charge in [0.2, 0.25) is 10.0 Å². The molecule has 1 rings (SSSR count). The third-order valence-electron chi connectivity index (χ3n) is 1.80. The second-order valence-corrected chi connectivity index (χ2v) is 4.74. The van der Waals surface area contributed by atoms with Crippen LogP contribution in [0.15, 0.2) is 29.2 Å². The number of alkyl halides is 3. The van der Waals surface area contributed by atoms with Crippen LogP contribution in [0, 0.1) is 0 Å². The first-order valence-electron chi connectivity index (χ1n) is 4.51. The second kappa shape index (κ2) is 4.92. The topological polar surface area (TPSA) is 69.4 Å². The molecule has 1 aromatic rings. The second-order valence-electron chi connectivity index (χ2n) is 3.21. The molecule has 0 aliphatic carbocycles. The Morgan fingerprint density at radius 2 is 1.82 bits per heavy atom. The fourth-order valence-electron chi connectivity index (χ4n) is 1.08. The van der Waals surface area contributed by atoms with Crippen molar-refractivity contribution in [2.45, 2.75) is 17.5 Å². The van der Waals surface area contributed by atoms with Crippen LogP contribution in [0.1, 0.15) is 6.42 Å². The highest BCUT2D eigenvalue weighted by atomic mass is 32.2. The van der Waals surface area contributed by atoms with Gasteiger partial charge in [-0.3, -0.25) is 0 Å². The summed E-state index contributed by atoms with van der Waals surface area (Å²) in [6.45, 7) is -0.657. The summed E-state index contributed by atoms with van der Waals surface area (Å²) in [4.78, 5) is -0.331. The lowest BCUT2D eigenvalue weighted by atomic mass is 10.3. The number of ether oxygens (including phenoxy) is 1. The van der Waals surface area contributed by atoms with Gasteiger partial charge in [-0.05, 0) is 12.1 Å². The number of sulfonamides is 1. The van der Waals surface area contributed by atoms with Crippen molar-refractivity contribution in [1.82, 2.24) is 0 Å². The summed E-state index contributed by atoms with van der Waals surface area (Å²) in [6.07, 6.45) is -5.51. The number of halogens is 3. The molecule has 0 spiro atoms. The van der Waals surface area contributed by atoms with E-state index in [9.17, 15) is 21.6 Å². The van der Waals surface area contributed by atoms with E-state index in [2.05, 4.69) is 0 Å². The van der Waals surface area contributed by atoms with Gasteiger partial charge in [0.25, 0.3) is 0 Å². The molecule has 0 saturated carbocycles. The van der Waals surface area contributed by atoms with Crippen LogP contribution in [0.25, 0.3) is 0 Å². The van der Waals surface area contributed by atoms with Gasteiger partial charge in [-0.25, -0.2) is 13.6 Å². The summed E-state index contributed by atoms with van der Waals surface area (Å²) in [5.74, 6) is -0.181. The lowest BCUT2D eigenvalue weighted by Crippen LogP contribution is -2.16. The van der Waals surface area contributed by atoms with E-state index in [1.54, 1.807) is 0 Å². The van der Waals surface area contributed by atoms with Gasteiger partial charge < -0.3 is 4.74 Å². The first-order valence-corrected chi connectivity index (χ1v) is 6.06. The highest BCUT2D eigenvalue weighted by molar-refractivity contribution is 7.89. The fraction of sp³-hybridized carbons (Fsp3) is 0.333. The smallest absolute Gasteiger partial charge is 0.392 e. The Kier molecular flexibility index (Phi) is 3.99. The first kappa shape index (κ1) is 13.8. The van der Waals surface area contributed by atoms with Gasteiger partial charge in [0, 0.05) is 0 Å². The number of hydrogen-bond acceptors (Lipinski definition) is 3. The van der Waals surface area contributed by atoms with Gasteiger partial charge in [-0.15, -0.1) is 0 Å². The van der Waals surface area contributed by atoms with E-state index in [1.807, 2.05) is 0 Å². The predicted octanol–water partition coefficient (Wildman–Crippen LogP) is 1.67. The highest BCUT2D eigenvalue weighted by Crippen LogP contribution is 2.24. The first-order chi connectivity index (χ1) is 7.70. The quantitative estimate of drug-likeness (QED) is 0.903. The number of primary sulfonamides is 1. The molecule has 0 radical (unpaired) electrons. The highest BCUT2D eigenvalue weighted by Gasteiger charge is 2.27. The van der Waals surface area contributed by atoms with E-state index in [0.717, 1.165) is 6.07 Å². The SMILES string of the molecule is NS(=O)(=O)c1ccccc1OCCC(F)(F)F. The average Bonchev–Trinajstić information content (AvgIpc) is 2.15. The summed E-state index contributed by atoms with van der Waals surface area (Å²) in [5, 5.41) is 4.89. The Morgan fingerprint density at radius 1 is 1.24 bits per heavy atom. The summed E-state index contributed by atoms with van der Waals surface area (Å²) in [7, 11) is -4.01. The standard InChI is InChI=1S/C9H10F3NO3S/c10-9(11,12)5-6-16-7-3-1-2-4-8(7)17(13,14)15/h1-4H,5-6H2,(H2,13,14,15). The molecule has 8 heteroatoms. The Balaban J connectivity index is 2.79. The van der Waals surface area contributed by atoms with Crippen LogP contribution in [0.2, 0.25) is 0 Å². The van der Waals surface area contributed by atoms with Crippen molar-refractivity contribution in [1.29, 1.82) is 0 Å². The number of rotatable bonds is 4. The Morgan fingerprint density at radius 3 is 2.35 bits per heavy atom. The van der Waals surface area contributed by atoms with Crippen molar-refractivity contribution >= 4 is 10.0 Å². The molecule has 0 heterocycles. The molecule has 0 amide bonds. The monoisotopic (exact) mass is 269 g/mol. The summed E-state index contributed by atoms with van der Waals surface area (Å²) >= 11 is 0. The summed E-state index contributed by atoms with van der Waals surface area (Å²) < 4.78 is 62.5. The Labute approximate surface area is 96.2 Å². The van der Waals surface area contributed by atoms with Gasteiger partial charge in [-0.1, -0.05) is 12.1 Å². The molecule has 96 valence electrons. The molecule has 0 aliphatic heterocycles. The minimum atomic E-state index is -4.35. The van der Waals surface area contributed by atoms with Crippen molar-refractivity contribution in [3.8, 4) is 5.75 Å². The molecule has 4 nitrogen and oxygen atoms in total. The third-order valence-corrected chi connectivity index (χ3v) is 2.75. The Bertz CT molecular complexity index is 485. The molecule has 17 heavy (non-hydrogen) atoms. The van der Waals surface area contributed by atoms with Crippen molar-refractivity contribution < 1.29 is 26.3 Å². The summed E-state index contributed by atoms with van der Waals surface area (Å²) in [6, 6.07) is 5.25. The molecule has 0 aliphatic rings. The van der Waals surface area contributed by atoms with Gasteiger partial charge in [0.05, 0.1) is 13.0 Å². The predicted molar refractivity (Wildman–Crippen MR) is 54.0 cm³/mol. The molecular weight excluding hydrogens is 259 g/mol. The van der Waals surface area contributed by atoms with Crippen LogP contribution < -0.4 is 9.88 Å². The normalized spacial score (nSPS) is 12.5. The minimum Gasteiger partial charge on any atom is -0.492 e. The number of nitrogens with two attached hydrogens (primary N) is 1. The zero-order chi connectivity index (χ0) is 13.1. The molecule has 0 aromatic heterocycles. The van der Waals surface area contributed by atoms with Gasteiger partial charge in [0.15, 0.2) is 0 Å². The van der Waals surface area contributed by atoms with E-state index < -0.39 is 29.2 Å². The van der Waals surface area contributed by atoms with Gasteiger partial charge in [-0.2, -0.15) is 13.2 Å². The van der Waals surface area contributed by atoms with E-state index in [0.29, 0.717) is 0 Å². The minimum absolute atomic E-state index is 0.181. The van der Waals surface area contributed by atoms with Crippen LogP contribution in [0.3, 0.4) is 0 Å². The van der Waals surface area contributed by atoms with E-state index >= 15 is 0 Å². The lowest BCUT2D eigenvalue weighted by molar-refractivity contribution is -0.139. The van der Waals surface area contributed by atoms with Crippen molar-refractivity contribution in [3.05, 3.63) is 24.3 Å². The maximum absolute atomic E-state index is 11.9. The van der Waals surface area contributed by atoms with Gasteiger partial charge in [0.1, 0.15) is 10.6 Å². The maximum Gasteiger partial charge on any atom is 0.392 e. The fourth-order valence-corrected chi connectivity index (χ4v) is 1.76. The third kappa shape index (κ3) is 4.61. The van der Waals surface area contributed by atoms with Crippen LogP contribution in [-0.4, -0.2) is 21.2 Å². The zero-order valence-electron chi connectivity index (χ0n) is 8.57. The largest absolute Gasteiger partial charge is 0.492 e. The van der Waals surface area contributed by atoms with Crippen LogP contribution in [0.5, 0.6) is 5.75 Å². The number of para-hydroxylation sites is 1. The molecule has 1 aromatic carbocycles. The Hall–Kier alpha value is -1.28. The molecule has 0 unspecified atom stereocenters. The number of hydrogen-bond donors (Lipinski definition) is 1. The zero-order valence-corrected chi connectivity index (χ0v) is 9.38. The van der Waals surface area contributed by atoms with E-state index in [-0.39, 0.29) is 10.6 Å².